The largest absolute Gasteiger partial charge is 0.454 e. The quantitative estimate of drug-likeness (QED) is 0.810. The third kappa shape index (κ3) is 2.13. The van der Waals surface area contributed by atoms with E-state index in [0.29, 0.717) is 16.5 Å². The van der Waals surface area contributed by atoms with Crippen molar-refractivity contribution in [1.82, 2.24) is 14.8 Å². The molecule has 1 aliphatic heterocycles. The number of fused-ring (bicyclic) bond motifs is 1. The smallest absolute Gasteiger partial charge is 0.231 e. The van der Waals surface area contributed by atoms with Gasteiger partial charge in [0.1, 0.15) is 6.33 Å². The van der Waals surface area contributed by atoms with E-state index in [2.05, 4.69) is 10.2 Å². The average molecular weight is 284 g/mol. The number of hydrogen-bond acceptors (Lipinski definition) is 5. The molecule has 2 aromatic rings. The fraction of sp³-hybridized carbons (Fsp3) is 0.273. The highest BCUT2D eigenvalue weighted by atomic mass is 35.5. The van der Waals surface area contributed by atoms with Crippen LogP contribution in [-0.2, 0) is 12.8 Å². The Labute approximate surface area is 113 Å². The molecule has 0 bridgehead atoms. The van der Waals surface area contributed by atoms with Crippen LogP contribution in [0.1, 0.15) is 5.56 Å². The molecule has 0 unspecified atom stereocenters. The van der Waals surface area contributed by atoms with Crippen molar-refractivity contribution in [3.05, 3.63) is 29.0 Å². The molecule has 0 amide bonds. The molecular formula is C11H10ClN3O2S. The Kier molecular flexibility index (Phi) is 3.05. The van der Waals surface area contributed by atoms with Crippen molar-refractivity contribution < 1.29 is 9.47 Å². The predicted octanol–water partition coefficient (Wildman–Crippen LogP) is 2.49. The van der Waals surface area contributed by atoms with Gasteiger partial charge in [-0.25, -0.2) is 0 Å². The molecule has 0 spiro atoms. The van der Waals surface area contributed by atoms with E-state index in [1.54, 1.807) is 24.2 Å². The van der Waals surface area contributed by atoms with E-state index in [-0.39, 0.29) is 6.79 Å². The maximum absolute atomic E-state index is 6.20. The summed E-state index contributed by atoms with van der Waals surface area (Å²) in [5, 5.41) is 9.36. The first kappa shape index (κ1) is 11.7. The molecule has 0 aliphatic carbocycles. The van der Waals surface area contributed by atoms with Gasteiger partial charge < -0.3 is 14.0 Å². The highest BCUT2D eigenvalue weighted by Gasteiger charge is 2.16. The predicted molar refractivity (Wildman–Crippen MR) is 68.1 cm³/mol. The number of halogens is 1. The molecule has 1 aromatic heterocycles. The van der Waals surface area contributed by atoms with Gasteiger partial charge in [0, 0.05) is 23.9 Å². The fourth-order valence-corrected chi connectivity index (χ4v) is 2.79. The molecule has 5 nitrogen and oxygen atoms in total. The summed E-state index contributed by atoms with van der Waals surface area (Å²) in [5.41, 5.74) is 0.994. The first-order chi connectivity index (χ1) is 8.74. The lowest BCUT2D eigenvalue weighted by Crippen LogP contribution is -1.93. The van der Waals surface area contributed by atoms with Crippen LogP contribution < -0.4 is 9.47 Å². The summed E-state index contributed by atoms with van der Waals surface area (Å²) in [6.07, 6.45) is 1.67. The van der Waals surface area contributed by atoms with Crippen LogP contribution in [0.3, 0.4) is 0 Å². The van der Waals surface area contributed by atoms with Gasteiger partial charge in [-0.1, -0.05) is 23.4 Å². The second-order valence-corrected chi connectivity index (χ2v) is 5.16. The Morgan fingerprint density at radius 3 is 2.89 bits per heavy atom. The minimum atomic E-state index is 0.256. The summed E-state index contributed by atoms with van der Waals surface area (Å²) in [6, 6.07) is 3.70. The molecule has 0 atom stereocenters. The normalized spacial score (nSPS) is 13.0. The zero-order valence-electron chi connectivity index (χ0n) is 9.59. The molecule has 0 N–H and O–H groups in total. The monoisotopic (exact) mass is 283 g/mol. The molecule has 7 heteroatoms. The average Bonchev–Trinajstić information content (AvgIpc) is 2.95. The molecule has 0 fully saturated rings. The third-order valence-corrected chi connectivity index (χ3v) is 4.00. The second kappa shape index (κ2) is 4.70. The van der Waals surface area contributed by atoms with Gasteiger partial charge in [-0.05, 0) is 11.6 Å². The Morgan fingerprint density at radius 2 is 2.17 bits per heavy atom. The molecule has 2 heterocycles. The molecule has 0 saturated heterocycles. The molecule has 0 radical (unpaired) electrons. The summed E-state index contributed by atoms with van der Waals surface area (Å²) in [4.78, 5) is 0. The second-order valence-electron chi connectivity index (χ2n) is 3.81. The minimum absolute atomic E-state index is 0.256. The molecule has 1 aromatic carbocycles. The zero-order chi connectivity index (χ0) is 12.5. The van der Waals surface area contributed by atoms with Crippen LogP contribution in [0.4, 0.5) is 0 Å². The lowest BCUT2D eigenvalue weighted by molar-refractivity contribution is 0.174. The third-order valence-electron chi connectivity index (χ3n) is 2.57. The van der Waals surface area contributed by atoms with E-state index in [9.17, 15) is 0 Å². The molecule has 94 valence electrons. The van der Waals surface area contributed by atoms with Crippen LogP contribution in [0, 0.1) is 0 Å². The van der Waals surface area contributed by atoms with Gasteiger partial charge in [-0.15, -0.1) is 10.2 Å². The number of nitrogens with zero attached hydrogens (tertiary/aromatic N) is 3. The summed E-state index contributed by atoms with van der Waals surface area (Å²) in [5.74, 6) is 2.16. The topological polar surface area (TPSA) is 49.2 Å². The standard InChI is InChI=1S/C11H10ClN3O2S/c1-15-5-13-14-11(15)18-4-7-2-9-10(3-8(7)12)17-6-16-9/h2-3,5H,4,6H2,1H3. The van der Waals surface area contributed by atoms with Crippen LogP contribution in [0.5, 0.6) is 11.5 Å². The molecular weight excluding hydrogens is 274 g/mol. The van der Waals surface area contributed by atoms with Crippen molar-refractivity contribution in [3.8, 4) is 11.5 Å². The molecule has 3 rings (SSSR count). The van der Waals surface area contributed by atoms with Crippen molar-refractivity contribution in [2.75, 3.05) is 6.79 Å². The summed E-state index contributed by atoms with van der Waals surface area (Å²) >= 11 is 7.77. The number of thioether (sulfide) groups is 1. The van der Waals surface area contributed by atoms with E-state index in [0.717, 1.165) is 16.5 Å². The van der Waals surface area contributed by atoms with E-state index >= 15 is 0 Å². The SMILES string of the molecule is Cn1cnnc1SCc1cc2c(cc1Cl)OCO2. The maximum atomic E-state index is 6.20. The van der Waals surface area contributed by atoms with Gasteiger partial charge in [0.25, 0.3) is 0 Å². The van der Waals surface area contributed by atoms with Crippen LogP contribution in [0.2, 0.25) is 5.02 Å². The molecule has 0 saturated carbocycles. The van der Waals surface area contributed by atoms with Gasteiger partial charge in [-0.2, -0.15) is 0 Å². The number of ether oxygens (including phenoxy) is 2. The minimum Gasteiger partial charge on any atom is -0.454 e. The number of aromatic nitrogens is 3. The number of hydrogen-bond donors (Lipinski definition) is 0. The number of aryl methyl sites for hydroxylation is 1. The number of rotatable bonds is 3. The van der Waals surface area contributed by atoms with E-state index < -0.39 is 0 Å². The fourth-order valence-electron chi connectivity index (χ4n) is 1.62. The van der Waals surface area contributed by atoms with Crippen molar-refractivity contribution in [3.63, 3.8) is 0 Å². The van der Waals surface area contributed by atoms with Crippen molar-refractivity contribution in [1.29, 1.82) is 0 Å². The summed E-state index contributed by atoms with van der Waals surface area (Å²) in [7, 11) is 1.91. The van der Waals surface area contributed by atoms with Crippen LogP contribution in [0.25, 0.3) is 0 Å². The lowest BCUT2D eigenvalue weighted by atomic mass is 10.2. The van der Waals surface area contributed by atoms with Crippen molar-refractivity contribution in [2.24, 2.45) is 7.05 Å². The highest BCUT2D eigenvalue weighted by Crippen LogP contribution is 2.38. The zero-order valence-corrected chi connectivity index (χ0v) is 11.2. The Morgan fingerprint density at radius 1 is 1.39 bits per heavy atom. The van der Waals surface area contributed by atoms with E-state index in [1.165, 1.54) is 0 Å². The van der Waals surface area contributed by atoms with E-state index in [4.69, 9.17) is 21.1 Å². The lowest BCUT2D eigenvalue weighted by Gasteiger charge is -2.05. The van der Waals surface area contributed by atoms with Crippen LogP contribution in [-0.4, -0.2) is 21.6 Å². The highest BCUT2D eigenvalue weighted by molar-refractivity contribution is 7.98. The van der Waals surface area contributed by atoms with Crippen LogP contribution >= 0.6 is 23.4 Å². The maximum Gasteiger partial charge on any atom is 0.231 e. The van der Waals surface area contributed by atoms with E-state index in [1.807, 2.05) is 17.7 Å². The van der Waals surface area contributed by atoms with Gasteiger partial charge in [-0.3, -0.25) is 0 Å². The number of benzene rings is 1. The van der Waals surface area contributed by atoms with Crippen molar-refractivity contribution in [2.45, 2.75) is 10.9 Å². The molecule has 1 aliphatic rings. The van der Waals surface area contributed by atoms with Crippen LogP contribution in [0.15, 0.2) is 23.6 Å². The summed E-state index contributed by atoms with van der Waals surface area (Å²) in [6.45, 7) is 0.256. The Hall–Kier alpha value is -1.40. The summed E-state index contributed by atoms with van der Waals surface area (Å²) < 4.78 is 12.5. The van der Waals surface area contributed by atoms with Gasteiger partial charge in [0.2, 0.25) is 6.79 Å². The van der Waals surface area contributed by atoms with Gasteiger partial charge >= 0.3 is 0 Å². The van der Waals surface area contributed by atoms with Gasteiger partial charge in [0.15, 0.2) is 16.7 Å². The first-order valence-electron chi connectivity index (χ1n) is 5.29. The Bertz CT molecular complexity index is 588. The molecule has 18 heavy (non-hydrogen) atoms. The van der Waals surface area contributed by atoms with Crippen molar-refractivity contribution >= 4 is 23.4 Å². The van der Waals surface area contributed by atoms with Gasteiger partial charge in [0.05, 0.1) is 0 Å². The first-order valence-corrected chi connectivity index (χ1v) is 6.65. The Balaban J connectivity index is 1.79.